The van der Waals surface area contributed by atoms with Crippen molar-refractivity contribution in [3.05, 3.63) is 42.0 Å². The van der Waals surface area contributed by atoms with Crippen LogP contribution in [-0.4, -0.2) is 53.3 Å². The summed E-state index contributed by atoms with van der Waals surface area (Å²) in [5.41, 5.74) is 3.36. The summed E-state index contributed by atoms with van der Waals surface area (Å²) in [6.07, 6.45) is 5.92. The number of rotatable bonds is 5. The van der Waals surface area contributed by atoms with Gasteiger partial charge in [0, 0.05) is 49.9 Å². The average Bonchev–Trinajstić information content (AvgIpc) is 3.46. The zero-order chi connectivity index (χ0) is 18.2. The van der Waals surface area contributed by atoms with Gasteiger partial charge < -0.3 is 14.2 Å². The van der Waals surface area contributed by atoms with Gasteiger partial charge in [0.05, 0.1) is 24.2 Å². The largest absolute Gasteiger partial charge is 0.480 e. The van der Waals surface area contributed by atoms with E-state index in [4.69, 9.17) is 9.26 Å². The van der Waals surface area contributed by atoms with Gasteiger partial charge in [0.15, 0.2) is 0 Å². The van der Waals surface area contributed by atoms with Crippen molar-refractivity contribution in [2.75, 3.05) is 38.2 Å². The zero-order valence-corrected chi connectivity index (χ0v) is 15.5. The molecule has 140 valence electrons. The molecule has 1 aliphatic heterocycles. The molecule has 7 nitrogen and oxygen atoms in total. The third kappa shape index (κ3) is 3.23. The van der Waals surface area contributed by atoms with Crippen LogP contribution in [0, 0.1) is 0 Å². The maximum absolute atomic E-state index is 5.47. The average molecular weight is 365 g/mol. The van der Waals surface area contributed by atoms with Crippen LogP contribution in [-0.2, 0) is 6.54 Å². The highest BCUT2D eigenvalue weighted by Gasteiger charge is 2.31. The van der Waals surface area contributed by atoms with Crippen molar-refractivity contribution >= 4 is 16.6 Å². The highest BCUT2D eigenvalue weighted by Crippen LogP contribution is 2.41. The van der Waals surface area contributed by atoms with Crippen LogP contribution in [0.2, 0.25) is 0 Å². The number of hydrogen-bond acceptors (Lipinski definition) is 7. The molecule has 0 N–H and O–H groups in total. The van der Waals surface area contributed by atoms with Gasteiger partial charge in [0.25, 0.3) is 0 Å². The Balaban J connectivity index is 1.27. The van der Waals surface area contributed by atoms with Gasteiger partial charge in [-0.05, 0) is 31.0 Å². The predicted molar refractivity (Wildman–Crippen MR) is 102 cm³/mol. The van der Waals surface area contributed by atoms with Crippen LogP contribution >= 0.6 is 0 Å². The summed E-state index contributed by atoms with van der Waals surface area (Å²) >= 11 is 0. The molecule has 2 aliphatic rings. The predicted octanol–water partition coefficient (Wildman–Crippen LogP) is 2.83. The first-order chi connectivity index (χ1) is 13.3. The second-order valence-corrected chi connectivity index (χ2v) is 7.34. The number of nitrogens with zero attached hydrogens (tertiary/aromatic N) is 5. The Morgan fingerprint density at radius 3 is 2.78 bits per heavy atom. The Bertz CT molecular complexity index is 944. The molecule has 5 rings (SSSR count). The molecule has 3 heterocycles. The summed E-state index contributed by atoms with van der Waals surface area (Å²) in [4.78, 5) is 13.4. The maximum atomic E-state index is 5.47. The van der Waals surface area contributed by atoms with Crippen LogP contribution in [0.5, 0.6) is 5.88 Å². The molecule has 3 aromatic rings. The van der Waals surface area contributed by atoms with E-state index < -0.39 is 0 Å². The van der Waals surface area contributed by atoms with Crippen molar-refractivity contribution in [1.29, 1.82) is 0 Å². The Morgan fingerprint density at radius 2 is 2.00 bits per heavy atom. The molecule has 2 fully saturated rings. The number of fused-ring (bicyclic) bond motifs is 1. The number of aromatic nitrogens is 3. The monoisotopic (exact) mass is 365 g/mol. The summed E-state index contributed by atoms with van der Waals surface area (Å²) in [5, 5.41) is 4.98. The van der Waals surface area contributed by atoms with Gasteiger partial charge in [-0.3, -0.25) is 4.90 Å². The Labute approximate surface area is 157 Å². The minimum absolute atomic E-state index is 0.610. The second kappa shape index (κ2) is 6.81. The van der Waals surface area contributed by atoms with Crippen LogP contribution in [0.1, 0.15) is 30.1 Å². The van der Waals surface area contributed by atoms with Crippen molar-refractivity contribution in [2.45, 2.75) is 25.3 Å². The molecule has 1 saturated carbocycles. The fourth-order valence-electron chi connectivity index (χ4n) is 3.86. The Morgan fingerprint density at radius 1 is 1.15 bits per heavy atom. The SMILES string of the molecule is COc1ncnc2ccc(N3CCN(Cc4cnoc4C4CC4)CC3)cc12. The highest BCUT2D eigenvalue weighted by atomic mass is 16.5. The van der Waals surface area contributed by atoms with E-state index >= 15 is 0 Å². The van der Waals surface area contributed by atoms with E-state index in [1.807, 2.05) is 12.3 Å². The smallest absolute Gasteiger partial charge is 0.224 e. The Kier molecular flexibility index (Phi) is 4.16. The van der Waals surface area contributed by atoms with Gasteiger partial charge in [-0.1, -0.05) is 5.16 Å². The van der Waals surface area contributed by atoms with Crippen LogP contribution < -0.4 is 9.64 Å². The second-order valence-electron chi connectivity index (χ2n) is 7.34. The lowest BCUT2D eigenvalue weighted by Crippen LogP contribution is -2.46. The topological polar surface area (TPSA) is 67.5 Å². The molecule has 1 saturated heterocycles. The third-order valence-electron chi connectivity index (χ3n) is 5.53. The normalized spacial score (nSPS) is 18.2. The minimum Gasteiger partial charge on any atom is -0.480 e. The van der Waals surface area contributed by atoms with Gasteiger partial charge in [-0.15, -0.1) is 0 Å². The summed E-state index contributed by atoms with van der Waals surface area (Å²) < 4.78 is 10.9. The van der Waals surface area contributed by atoms with E-state index in [0.717, 1.165) is 49.4 Å². The number of hydrogen-bond donors (Lipinski definition) is 0. The van der Waals surface area contributed by atoms with Gasteiger partial charge >= 0.3 is 0 Å². The van der Waals surface area contributed by atoms with Crippen LogP contribution in [0.4, 0.5) is 5.69 Å². The molecule has 0 spiro atoms. The number of ether oxygens (including phenoxy) is 1. The quantitative estimate of drug-likeness (QED) is 0.689. The molecule has 0 bridgehead atoms. The first-order valence-electron chi connectivity index (χ1n) is 9.51. The lowest BCUT2D eigenvalue weighted by Gasteiger charge is -2.36. The highest BCUT2D eigenvalue weighted by molar-refractivity contribution is 5.86. The van der Waals surface area contributed by atoms with E-state index in [0.29, 0.717) is 11.8 Å². The lowest BCUT2D eigenvalue weighted by molar-refractivity contribution is 0.247. The van der Waals surface area contributed by atoms with Crippen molar-refractivity contribution < 1.29 is 9.26 Å². The molecule has 0 radical (unpaired) electrons. The first kappa shape index (κ1) is 16.5. The summed E-state index contributed by atoms with van der Waals surface area (Å²) in [6.45, 7) is 4.96. The van der Waals surface area contributed by atoms with Crippen molar-refractivity contribution in [1.82, 2.24) is 20.0 Å². The zero-order valence-electron chi connectivity index (χ0n) is 15.5. The minimum atomic E-state index is 0.610. The van der Waals surface area contributed by atoms with E-state index in [9.17, 15) is 0 Å². The summed E-state index contributed by atoms with van der Waals surface area (Å²) in [5.74, 6) is 2.35. The van der Waals surface area contributed by atoms with E-state index in [-0.39, 0.29) is 0 Å². The van der Waals surface area contributed by atoms with Crippen LogP contribution in [0.15, 0.2) is 35.2 Å². The number of anilines is 1. The van der Waals surface area contributed by atoms with Crippen molar-refractivity contribution in [3.63, 3.8) is 0 Å². The van der Waals surface area contributed by atoms with Crippen molar-refractivity contribution in [2.24, 2.45) is 0 Å². The van der Waals surface area contributed by atoms with E-state index in [2.05, 4.69) is 37.1 Å². The third-order valence-corrected chi connectivity index (χ3v) is 5.53. The molecule has 0 atom stereocenters. The molecule has 27 heavy (non-hydrogen) atoms. The fraction of sp³-hybridized carbons (Fsp3) is 0.450. The standard InChI is InChI=1S/C20H23N5O2/c1-26-20-17-10-16(4-5-18(17)21-13-22-20)25-8-6-24(7-9-25)12-15-11-23-27-19(15)14-2-3-14/h4-5,10-11,13-14H,2-3,6-9,12H2,1H3. The molecule has 1 aromatic carbocycles. The Hall–Kier alpha value is -2.67. The van der Waals surface area contributed by atoms with Gasteiger partial charge in [0.2, 0.25) is 5.88 Å². The van der Waals surface area contributed by atoms with Crippen LogP contribution in [0.25, 0.3) is 10.9 Å². The molecule has 1 aliphatic carbocycles. The van der Waals surface area contributed by atoms with Crippen LogP contribution in [0.3, 0.4) is 0 Å². The van der Waals surface area contributed by atoms with Gasteiger partial charge in [0.1, 0.15) is 12.1 Å². The summed E-state index contributed by atoms with van der Waals surface area (Å²) in [7, 11) is 1.65. The maximum Gasteiger partial charge on any atom is 0.224 e. The first-order valence-corrected chi connectivity index (χ1v) is 9.51. The lowest BCUT2D eigenvalue weighted by atomic mass is 10.1. The molecule has 0 unspecified atom stereocenters. The molecule has 0 amide bonds. The number of piperazine rings is 1. The van der Waals surface area contributed by atoms with E-state index in [1.165, 1.54) is 24.1 Å². The molecular weight excluding hydrogens is 342 g/mol. The molecule has 2 aromatic heterocycles. The number of methoxy groups -OCH3 is 1. The van der Waals surface area contributed by atoms with Crippen molar-refractivity contribution in [3.8, 4) is 5.88 Å². The molecule has 7 heteroatoms. The number of benzene rings is 1. The fourth-order valence-corrected chi connectivity index (χ4v) is 3.86. The van der Waals surface area contributed by atoms with Gasteiger partial charge in [-0.25, -0.2) is 9.97 Å². The van der Waals surface area contributed by atoms with E-state index in [1.54, 1.807) is 13.4 Å². The summed E-state index contributed by atoms with van der Waals surface area (Å²) in [6, 6.07) is 6.31. The molecular formula is C20H23N5O2. The van der Waals surface area contributed by atoms with Gasteiger partial charge in [-0.2, -0.15) is 0 Å².